The number of carbonyl (C=O) groups excluding carboxylic acids is 1. The Morgan fingerprint density at radius 1 is 1.55 bits per heavy atom. The van der Waals surface area contributed by atoms with Gasteiger partial charge in [0.05, 0.1) is 12.8 Å². The molecule has 22 heavy (non-hydrogen) atoms. The number of benzene rings is 1. The molecule has 0 spiro atoms. The largest absolute Gasteiger partial charge is 0.495 e. The Bertz CT molecular complexity index is 621. The van der Waals surface area contributed by atoms with Crippen LogP contribution in [0.2, 0.25) is 5.02 Å². The molecule has 0 aliphatic carbocycles. The van der Waals surface area contributed by atoms with Gasteiger partial charge in [-0.05, 0) is 31.9 Å². The van der Waals surface area contributed by atoms with E-state index in [-0.39, 0.29) is 11.6 Å². The third kappa shape index (κ3) is 4.68. The first-order valence-electron chi connectivity index (χ1n) is 6.94. The van der Waals surface area contributed by atoms with Gasteiger partial charge >= 0.3 is 0 Å². The van der Waals surface area contributed by atoms with Crippen molar-refractivity contribution in [2.45, 2.75) is 33.2 Å². The van der Waals surface area contributed by atoms with Gasteiger partial charge in [0, 0.05) is 23.3 Å². The van der Waals surface area contributed by atoms with Gasteiger partial charge < -0.3 is 15.4 Å². The summed E-state index contributed by atoms with van der Waals surface area (Å²) < 4.78 is 5.23. The fourth-order valence-electron chi connectivity index (χ4n) is 1.65. The van der Waals surface area contributed by atoms with Crippen molar-refractivity contribution in [3.8, 4) is 11.8 Å². The number of hydrogen-bond acceptors (Lipinski definition) is 4. The number of amides is 1. The van der Waals surface area contributed by atoms with E-state index < -0.39 is 5.91 Å². The van der Waals surface area contributed by atoms with Crippen LogP contribution in [-0.4, -0.2) is 19.1 Å². The summed E-state index contributed by atoms with van der Waals surface area (Å²) in [4.78, 5) is 11.9. The molecule has 1 atom stereocenters. The predicted octanol–water partition coefficient (Wildman–Crippen LogP) is 3.39. The van der Waals surface area contributed by atoms with Crippen LogP contribution in [-0.2, 0) is 4.79 Å². The maximum atomic E-state index is 11.9. The maximum Gasteiger partial charge on any atom is 0.263 e. The van der Waals surface area contributed by atoms with Crippen molar-refractivity contribution < 1.29 is 9.53 Å². The smallest absolute Gasteiger partial charge is 0.263 e. The fraction of sp³-hybridized carbons (Fsp3) is 0.375. The molecule has 0 aliphatic heterocycles. The maximum absolute atomic E-state index is 11.9. The summed E-state index contributed by atoms with van der Waals surface area (Å²) in [7, 11) is 1.52. The quantitative estimate of drug-likeness (QED) is 0.622. The molecule has 5 nitrogen and oxygen atoms in total. The van der Waals surface area contributed by atoms with Crippen molar-refractivity contribution in [1.82, 2.24) is 5.32 Å². The normalized spacial score (nSPS) is 12.3. The van der Waals surface area contributed by atoms with E-state index in [2.05, 4.69) is 10.6 Å². The topological polar surface area (TPSA) is 74.2 Å². The number of nitrogens with zero attached hydrogens (tertiary/aromatic N) is 1. The van der Waals surface area contributed by atoms with Crippen molar-refractivity contribution in [2.75, 3.05) is 12.4 Å². The van der Waals surface area contributed by atoms with Gasteiger partial charge in [0.25, 0.3) is 5.91 Å². The van der Waals surface area contributed by atoms with E-state index in [1.54, 1.807) is 12.1 Å². The van der Waals surface area contributed by atoms with Crippen LogP contribution in [0.5, 0.6) is 5.75 Å². The van der Waals surface area contributed by atoms with Gasteiger partial charge in [-0.2, -0.15) is 5.26 Å². The van der Waals surface area contributed by atoms with Crippen LogP contribution in [0.3, 0.4) is 0 Å². The highest BCUT2D eigenvalue weighted by atomic mass is 35.5. The number of rotatable bonds is 6. The molecule has 0 bridgehead atoms. The monoisotopic (exact) mass is 321 g/mol. The number of anilines is 1. The molecule has 1 aromatic carbocycles. The van der Waals surface area contributed by atoms with Gasteiger partial charge in [0.2, 0.25) is 0 Å². The number of aryl methyl sites for hydroxylation is 1. The highest BCUT2D eigenvalue weighted by Gasteiger charge is 2.12. The lowest BCUT2D eigenvalue weighted by Gasteiger charge is -2.12. The van der Waals surface area contributed by atoms with Crippen LogP contribution in [0.15, 0.2) is 23.9 Å². The predicted molar refractivity (Wildman–Crippen MR) is 88.0 cm³/mol. The minimum absolute atomic E-state index is 0.00467. The molecule has 0 saturated carbocycles. The molecular formula is C16H20ClN3O2. The van der Waals surface area contributed by atoms with Crippen LogP contribution in [0.1, 0.15) is 25.8 Å². The second-order valence-electron chi connectivity index (χ2n) is 4.90. The zero-order valence-electron chi connectivity index (χ0n) is 13.2. The van der Waals surface area contributed by atoms with Crippen molar-refractivity contribution in [3.63, 3.8) is 0 Å². The summed E-state index contributed by atoms with van der Waals surface area (Å²) in [5, 5.41) is 15.4. The number of nitriles is 1. The van der Waals surface area contributed by atoms with Crippen LogP contribution < -0.4 is 15.4 Å². The van der Waals surface area contributed by atoms with E-state index in [1.807, 2.05) is 26.8 Å². The lowest BCUT2D eigenvalue weighted by molar-refractivity contribution is -0.117. The third-order valence-corrected chi connectivity index (χ3v) is 3.61. The minimum atomic E-state index is -0.408. The van der Waals surface area contributed by atoms with Crippen LogP contribution >= 0.6 is 11.6 Å². The molecule has 0 heterocycles. The average Bonchev–Trinajstić information content (AvgIpc) is 2.50. The number of ether oxygens (including phenoxy) is 1. The summed E-state index contributed by atoms with van der Waals surface area (Å²) in [6.45, 7) is 5.70. The van der Waals surface area contributed by atoms with E-state index in [4.69, 9.17) is 21.6 Å². The molecule has 0 radical (unpaired) electrons. The average molecular weight is 322 g/mol. The number of carbonyl (C=O) groups is 1. The lowest BCUT2D eigenvalue weighted by atomic mass is 10.2. The van der Waals surface area contributed by atoms with E-state index >= 15 is 0 Å². The summed E-state index contributed by atoms with van der Waals surface area (Å²) in [5.41, 5.74) is 1.49. The third-order valence-electron chi connectivity index (χ3n) is 3.21. The Kier molecular flexibility index (Phi) is 6.74. The van der Waals surface area contributed by atoms with Crippen molar-refractivity contribution in [2.24, 2.45) is 0 Å². The van der Waals surface area contributed by atoms with Crippen molar-refractivity contribution >= 4 is 23.2 Å². The molecule has 6 heteroatoms. The zero-order chi connectivity index (χ0) is 16.7. The van der Waals surface area contributed by atoms with Gasteiger partial charge in [0.15, 0.2) is 0 Å². The lowest BCUT2D eigenvalue weighted by Crippen LogP contribution is -2.33. The number of halogens is 1. The van der Waals surface area contributed by atoms with Gasteiger partial charge in [-0.1, -0.05) is 18.5 Å². The summed E-state index contributed by atoms with van der Waals surface area (Å²) >= 11 is 6.04. The molecule has 0 fully saturated rings. The molecule has 0 saturated heterocycles. The molecule has 1 amide bonds. The first-order chi connectivity index (χ1) is 10.4. The van der Waals surface area contributed by atoms with Gasteiger partial charge in [-0.25, -0.2) is 0 Å². The Hall–Kier alpha value is -2.19. The molecule has 2 N–H and O–H groups in total. The van der Waals surface area contributed by atoms with Crippen molar-refractivity contribution in [3.05, 3.63) is 34.5 Å². The molecule has 0 aromatic heterocycles. The molecule has 1 unspecified atom stereocenters. The van der Waals surface area contributed by atoms with E-state index in [0.717, 1.165) is 12.0 Å². The Labute approximate surface area is 135 Å². The number of hydrogen-bond donors (Lipinski definition) is 2. The summed E-state index contributed by atoms with van der Waals surface area (Å²) in [5.74, 6) is 0.125. The fourth-order valence-corrected chi connectivity index (χ4v) is 1.80. The summed E-state index contributed by atoms with van der Waals surface area (Å²) in [6.07, 6.45) is 2.16. The van der Waals surface area contributed by atoms with Crippen LogP contribution in [0, 0.1) is 18.3 Å². The van der Waals surface area contributed by atoms with Crippen LogP contribution in [0.4, 0.5) is 5.69 Å². The summed E-state index contributed by atoms with van der Waals surface area (Å²) in [6, 6.07) is 5.37. The van der Waals surface area contributed by atoms with Gasteiger partial charge in [-0.3, -0.25) is 4.79 Å². The number of methoxy groups -OCH3 is 1. The van der Waals surface area contributed by atoms with Gasteiger partial charge in [0.1, 0.15) is 17.4 Å². The second kappa shape index (κ2) is 8.30. The van der Waals surface area contributed by atoms with E-state index in [9.17, 15) is 4.79 Å². The highest BCUT2D eigenvalue weighted by molar-refractivity contribution is 6.31. The SMILES string of the molecule is CCC(C)NC(=O)/C(C#N)=C\Nc1cc(C)c(Cl)cc1OC. The van der Waals surface area contributed by atoms with E-state index in [1.165, 1.54) is 13.3 Å². The first kappa shape index (κ1) is 17.9. The molecule has 1 aromatic rings. The minimum Gasteiger partial charge on any atom is -0.495 e. The standard InChI is InChI=1S/C16H20ClN3O2/c1-5-11(3)20-16(21)12(8-18)9-19-14-6-10(2)13(17)7-15(14)22-4/h6-7,9,11,19H,5H2,1-4H3,(H,20,21)/b12-9-. The van der Waals surface area contributed by atoms with Gasteiger partial charge in [-0.15, -0.1) is 0 Å². The zero-order valence-corrected chi connectivity index (χ0v) is 13.9. The molecule has 1 rings (SSSR count). The Morgan fingerprint density at radius 3 is 2.77 bits per heavy atom. The van der Waals surface area contributed by atoms with Crippen molar-refractivity contribution in [1.29, 1.82) is 5.26 Å². The molecule has 118 valence electrons. The van der Waals surface area contributed by atoms with E-state index in [0.29, 0.717) is 16.5 Å². The second-order valence-corrected chi connectivity index (χ2v) is 5.31. The molecule has 0 aliphatic rings. The van der Waals surface area contributed by atoms with Crippen LogP contribution in [0.25, 0.3) is 0 Å². The highest BCUT2D eigenvalue weighted by Crippen LogP contribution is 2.31. The Balaban J connectivity index is 2.96. The number of nitrogens with one attached hydrogen (secondary N) is 2. The molecular weight excluding hydrogens is 302 g/mol. The Morgan fingerprint density at radius 2 is 2.23 bits per heavy atom. The first-order valence-corrected chi connectivity index (χ1v) is 7.32.